The molecule has 0 unspecified atom stereocenters. The fourth-order valence-electron chi connectivity index (χ4n) is 2.63. The largest absolute Gasteiger partial charge is 0.296 e. The molecule has 0 saturated carbocycles. The summed E-state index contributed by atoms with van der Waals surface area (Å²) >= 11 is 1.49. The van der Waals surface area contributed by atoms with Crippen molar-refractivity contribution >= 4 is 32.6 Å². The number of anilines is 1. The van der Waals surface area contributed by atoms with E-state index in [0.29, 0.717) is 10.8 Å². The van der Waals surface area contributed by atoms with Gasteiger partial charge in [-0.2, -0.15) is 5.10 Å². The van der Waals surface area contributed by atoms with Gasteiger partial charge >= 0.3 is 0 Å². The first kappa shape index (κ1) is 15.7. The van der Waals surface area contributed by atoms with Gasteiger partial charge in [0, 0.05) is 11.7 Å². The number of hydrogen-bond acceptors (Lipinski definition) is 4. The van der Waals surface area contributed by atoms with Gasteiger partial charge in [0.15, 0.2) is 10.8 Å². The number of benzene rings is 1. The van der Waals surface area contributed by atoms with Crippen LogP contribution in [0.1, 0.15) is 48.6 Å². The fraction of sp³-hybridized carbons (Fsp3) is 0.353. The summed E-state index contributed by atoms with van der Waals surface area (Å²) in [5, 5.41) is 7.86. The van der Waals surface area contributed by atoms with E-state index in [1.165, 1.54) is 16.9 Å². The third-order valence-electron chi connectivity index (χ3n) is 3.75. The zero-order valence-corrected chi connectivity index (χ0v) is 14.6. The summed E-state index contributed by atoms with van der Waals surface area (Å²) in [5.41, 5.74) is 3.56. The lowest BCUT2D eigenvalue weighted by Gasteiger charge is -2.06. The van der Waals surface area contributed by atoms with Crippen LogP contribution in [0.4, 0.5) is 5.13 Å². The molecular formula is C17H20N4OS. The smallest absolute Gasteiger partial charge is 0.277 e. The quantitative estimate of drug-likeness (QED) is 0.781. The minimum absolute atomic E-state index is 0.218. The zero-order valence-electron chi connectivity index (χ0n) is 13.8. The Morgan fingerprint density at radius 1 is 1.39 bits per heavy atom. The predicted molar refractivity (Wildman–Crippen MR) is 94.3 cm³/mol. The predicted octanol–water partition coefficient (Wildman–Crippen LogP) is 4.20. The first-order valence-corrected chi connectivity index (χ1v) is 8.57. The number of thiazole rings is 1. The minimum Gasteiger partial charge on any atom is -0.296 e. The van der Waals surface area contributed by atoms with E-state index in [4.69, 9.17) is 0 Å². The van der Waals surface area contributed by atoms with Crippen molar-refractivity contribution in [3.8, 4) is 0 Å². The molecule has 0 saturated heterocycles. The van der Waals surface area contributed by atoms with E-state index >= 15 is 0 Å². The fourth-order valence-corrected chi connectivity index (χ4v) is 3.54. The molecule has 0 atom stereocenters. The van der Waals surface area contributed by atoms with Gasteiger partial charge in [-0.25, -0.2) is 4.98 Å². The summed E-state index contributed by atoms with van der Waals surface area (Å²) in [6.07, 6.45) is 0.923. The van der Waals surface area contributed by atoms with Crippen molar-refractivity contribution in [1.29, 1.82) is 0 Å². The maximum Gasteiger partial charge on any atom is 0.277 e. The molecule has 0 aliphatic heterocycles. The number of hydrogen-bond donors (Lipinski definition) is 1. The van der Waals surface area contributed by atoms with Gasteiger partial charge in [-0.05, 0) is 44.9 Å². The van der Waals surface area contributed by atoms with Crippen molar-refractivity contribution in [3.63, 3.8) is 0 Å². The monoisotopic (exact) mass is 328 g/mol. The molecule has 1 aromatic carbocycles. The molecule has 0 spiro atoms. The Balaban J connectivity index is 1.87. The molecular weight excluding hydrogens is 308 g/mol. The van der Waals surface area contributed by atoms with Gasteiger partial charge in [-0.15, -0.1) is 0 Å². The van der Waals surface area contributed by atoms with Gasteiger partial charge in [0.1, 0.15) is 0 Å². The van der Waals surface area contributed by atoms with Crippen LogP contribution in [0.2, 0.25) is 0 Å². The molecule has 0 aliphatic rings. The van der Waals surface area contributed by atoms with Gasteiger partial charge in [0.25, 0.3) is 5.91 Å². The van der Waals surface area contributed by atoms with E-state index in [9.17, 15) is 4.79 Å². The van der Waals surface area contributed by atoms with Gasteiger partial charge in [-0.3, -0.25) is 14.8 Å². The second-order valence-electron chi connectivity index (χ2n) is 5.80. The van der Waals surface area contributed by atoms with Crippen molar-refractivity contribution in [2.75, 3.05) is 5.32 Å². The zero-order chi connectivity index (χ0) is 16.6. The van der Waals surface area contributed by atoms with E-state index < -0.39 is 0 Å². The summed E-state index contributed by atoms with van der Waals surface area (Å²) < 4.78 is 2.94. The van der Waals surface area contributed by atoms with Gasteiger partial charge < -0.3 is 0 Å². The number of amides is 1. The Morgan fingerprint density at radius 2 is 2.17 bits per heavy atom. The van der Waals surface area contributed by atoms with E-state index in [1.807, 2.05) is 37.6 Å². The second kappa shape index (κ2) is 6.12. The molecule has 3 aromatic rings. The summed E-state index contributed by atoms with van der Waals surface area (Å²) in [4.78, 5) is 17.0. The minimum atomic E-state index is -0.218. The van der Waals surface area contributed by atoms with Crippen molar-refractivity contribution in [3.05, 3.63) is 41.2 Å². The third kappa shape index (κ3) is 2.99. The highest BCUT2D eigenvalue weighted by Crippen LogP contribution is 2.28. The van der Waals surface area contributed by atoms with Crippen molar-refractivity contribution < 1.29 is 4.79 Å². The van der Waals surface area contributed by atoms with E-state index in [2.05, 4.69) is 28.4 Å². The van der Waals surface area contributed by atoms with Crippen LogP contribution < -0.4 is 5.32 Å². The number of carbonyl (C=O) groups excluding carboxylic acids is 1. The molecule has 0 radical (unpaired) electrons. The number of para-hydroxylation sites is 1. The van der Waals surface area contributed by atoms with Crippen molar-refractivity contribution in [2.45, 2.75) is 40.2 Å². The molecule has 2 aromatic heterocycles. The maximum absolute atomic E-state index is 12.4. The Labute approximate surface area is 139 Å². The summed E-state index contributed by atoms with van der Waals surface area (Å²) in [7, 11) is 0. The molecule has 23 heavy (non-hydrogen) atoms. The molecule has 120 valence electrons. The van der Waals surface area contributed by atoms with Crippen LogP contribution in [0.5, 0.6) is 0 Å². The lowest BCUT2D eigenvalue weighted by Crippen LogP contribution is -2.13. The molecule has 0 aliphatic carbocycles. The van der Waals surface area contributed by atoms with Crippen molar-refractivity contribution in [2.24, 2.45) is 0 Å². The van der Waals surface area contributed by atoms with Gasteiger partial charge in [-0.1, -0.05) is 30.4 Å². The second-order valence-corrected chi connectivity index (χ2v) is 6.83. The average molecular weight is 328 g/mol. The van der Waals surface area contributed by atoms with Crippen LogP contribution in [0.15, 0.2) is 24.3 Å². The Kier molecular flexibility index (Phi) is 4.17. The Morgan fingerprint density at radius 3 is 2.83 bits per heavy atom. The number of nitrogens with one attached hydrogen (secondary N) is 1. The molecule has 5 nitrogen and oxygen atoms in total. The van der Waals surface area contributed by atoms with Crippen LogP contribution in [0.25, 0.3) is 10.2 Å². The molecule has 6 heteroatoms. The first-order chi connectivity index (χ1) is 11.0. The number of carbonyl (C=O) groups is 1. The van der Waals surface area contributed by atoms with Crippen LogP contribution in [-0.2, 0) is 6.42 Å². The standard InChI is InChI=1S/C17H20N4OS/c1-5-12-7-6-8-14-15(12)18-17(23-14)19-16(22)13-9-11(4)21(20-13)10(2)3/h6-10H,5H2,1-4H3,(H,18,19,22). The van der Waals surface area contributed by atoms with Crippen molar-refractivity contribution in [1.82, 2.24) is 14.8 Å². The summed E-state index contributed by atoms with van der Waals surface area (Å²) in [5.74, 6) is -0.218. The number of rotatable bonds is 4. The summed E-state index contributed by atoms with van der Waals surface area (Å²) in [6.45, 7) is 8.14. The Hall–Kier alpha value is -2.21. The topological polar surface area (TPSA) is 59.8 Å². The van der Waals surface area contributed by atoms with Gasteiger partial charge in [0.05, 0.1) is 10.2 Å². The number of aromatic nitrogens is 3. The van der Waals surface area contributed by atoms with Crippen LogP contribution in [0, 0.1) is 6.92 Å². The molecule has 1 N–H and O–H groups in total. The van der Waals surface area contributed by atoms with Crippen LogP contribution >= 0.6 is 11.3 Å². The Bertz CT molecular complexity index is 863. The van der Waals surface area contributed by atoms with E-state index in [1.54, 1.807) is 6.07 Å². The van der Waals surface area contributed by atoms with E-state index in [0.717, 1.165) is 22.3 Å². The molecule has 3 rings (SSSR count). The lowest BCUT2D eigenvalue weighted by molar-refractivity contribution is 0.102. The van der Waals surface area contributed by atoms with Gasteiger partial charge in [0.2, 0.25) is 0 Å². The average Bonchev–Trinajstić information content (AvgIpc) is 3.09. The highest BCUT2D eigenvalue weighted by atomic mass is 32.1. The van der Waals surface area contributed by atoms with E-state index in [-0.39, 0.29) is 11.9 Å². The normalized spacial score (nSPS) is 11.3. The molecule has 2 heterocycles. The molecule has 0 fully saturated rings. The van der Waals surface area contributed by atoms with Crippen LogP contribution in [0.3, 0.4) is 0 Å². The highest BCUT2D eigenvalue weighted by Gasteiger charge is 2.16. The molecule has 1 amide bonds. The van der Waals surface area contributed by atoms with Crippen LogP contribution in [-0.4, -0.2) is 20.7 Å². The number of nitrogens with zero attached hydrogens (tertiary/aromatic N) is 3. The summed E-state index contributed by atoms with van der Waals surface area (Å²) in [6, 6.07) is 8.16. The lowest BCUT2D eigenvalue weighted by atomic mass is 10.1. The maximum atomic E-state index is 12.4. The first-order valence-electron chi connectivity index (χ1n) is 7.75. The SMILES string of the molecule is CCc1cccc2sc(NC(=O)c3cc(C)n(C(C)C)n3)nc12. The highest BCUT2D eigenvalue weighted by molar-refractivity contribution is 7.22. The number of aryl methyl sites for hydroxylation is 2. The third-order valence-corrected chi connectivity index (χ3v) is 4.68. The molecule has 0 bridgehead atoms. The number of fused-ring (bicyclic) bond motifs is 1.